The third-order valence-corrected chi connectivity index (χ3v) is 4.03. The fourth-order valence-corrected chi connectivity index (χ4v) is 2.58. The van der Waals surface area contributed by atoms with Gasteiger partial charge in [-0.15, -0.1) is 0 Å². The first kappa shape index (κ1) is 19.6. The summed E-state index contributed by atoms with van der Waals surface area (Å²) in [5.74, 6) is 1.31. The maximum atomic E-state index is 9.34. The van der Waals surface area contributed by atoms with Gasteiger partial charge in [-0.05, 0) is 38.0 Å². The average molecular weight is 364 g/mol. The predicted octanol–water partition coefficient (Wildman–Crippen LogP) is 4.10. The van der Waals surface area contributed by atoms with Gasteiger partial charge >= 0.3 is 0 Å². The number of benzene rings is 2. The maximum Gasteiger partial charge on any atom is 0.163 e. The normalized spacial score (nSPS) is 12.0. The van der Waals surface area contributed by atoms with Crippen molar-refractivity contribution in [3.8, 4) is 11.5 Å². The molecule has 0 fully saturated rings. The van der Waals surface area contributed by atoms with Crippen LogP contribution in [-0.4, -0.2) is 24.4 Å². The lowest BCUT2D eigenvalue weighted by Crippen LogP contribution is -2.24. The van der Waals surface area contributed by atoms with Gasteiger partial charge in [0.25, 0.3) is 0 Å². The number of aryl methyl sites for hydroxylation is 1. The summed E-state index contributed by atoms with van der Waals surface area (Å²) in [6.07, 6.45) is -0.401. The van der Waals surface area contributed by atoms with E-state index < -0.39 is 6.10 Å². The molecule has 0 spiro atoms. The summed E-state index contributed by atoms with van der Waals surface area (Å²) in [6, 6.07) is 11.9. The lowest BCUT2D eigenvalue weighted by Gasteiger charge is -2.16. The summed E-state index contributed by atoms with van der Waals surface area (Å²) >= 11 is 6.38. The zero-order chi connectivity index (χ0) is 18.2. The molecule has 0 radical (unpaired) electrons. The summed E-state index contributed by atoms with van der Waals surface area (Å²) in [6.45, 7) is 7.79. The van der Waals surface area contributed by atoms with Crippen LogP contribution in [0, 0.1) is 6.92 Å². The van der Waals surface area contributed by atoms with Crippen LogP contribution in [0.1, 0.15) is 30.5 Å². The fraction of sp³-hybridized carbons (Fsp3) is 0.400. The average Bonchev–Trinajstić information content (AvgIpc) is 2.57. The van der Waals surface area contributed by atoms with Gasteiger partial charge in [0, 0.05) is 24.2 Å². The highest BCUT2D eigenvalue weighted by molar-refractivity contribution is 6.31. The molecule has 4 nitrogen and oxygen atoms in total. The van der Waals surface area contributed by atoms with Gasteiger partial charge in [-0.1, -0.05) is 41.4 Å². The Balaban J connectivity index is 2.10. The Hall–Kier alpha value is -1.75. The number of aliphatic hydroxyl groups excluding tert-OH is 1. The predicted molar refractivity (Wildman–Crippen MR) is 102 cm³/mol. The van der Waals surface area contributed by atoms with E-state index in [1.165, 1.54) is 5.56 Å². The zero-order valence-electron chi connectivity index (χ0n) is 15.0. The van der Waals surface area contributed by atoms with E-state index in [2.05, 4.69) is 24.4 Å². The van der Waals surface area contributed by atoms with Crippen molar-refractivity contribution >= 4 is 11.6 Å². The van der Waals surface area contributed by atoms with Crippen molar-refractivity contribution in [3.63, 3.8) is 0 Å². The molecule has 0 saturated carbocycles. The maximum absolute atomic E-state index is 9.34. The van der Waals surface area contributed by atoms with Gasteiger partial charge in [0.15, 0.2) is 11.5 Å². The van der Waals surface area contributed by atoms with Gasteiger partial charge < -0.3 is 19.9 Å². The molecule has 25 heavy (non-hydrogen) atoms. The van der Waals surface area contributed by atoms with E-state index in [0.717, 1.165) is 11.1 Å². The lowest BCUT2D eigenvalue weighted by molar-refractivity contribution is 0.191. The van der Waals surface area contributed by atoms with E-state index in [4.69, 9.17) is 21.1 Å². The van der Waals surface area contributed by atoms with E-state index in [9.17, 15) is 5.11 Å². The van der Waals surface area contributed by atoms with Crippen molar-refractivity contribution in [3.05, 3.63) is 58.1 Å². The van der Waals surface area contributed by atoms with Crippen LogP contribution in [0.2, 0.25) is 5.02 Å². The molecule has 0 aliphatic heterocycles. The first-order chi connectivity index (χ1) is 12.0. The molecular weight excluding hydrogens is 338 g/mol. The van der Waals surface area contributed by atoms with Gasteiger partial charge in [0.05, 0.1) is 12.7 Å². The van der Waals surface area contributed by atoms with Crippen molar-refractivity contribution in [1.82, 2.24) is 5.32 Å². The van der Waals surface area contributed by atoms with E-state index in [1.807, 2.05) is 25.1 Å². The molecule has 0 aliphatic rings. The van der Waals surface area contributed by atoms with Gasteiger partial charge in [0.1, 0.15) is 6.61 Å². The van der Waals surface area contributed by atoms with Gasteiger partial charge in [-0.25, -0.2) is 0 Å². The molecule has 1 unspecified atom stereocenters. The van der Waals surface area contributed by atoms with Crippen LogP contribution in [0.4, 0.5) is 0 Å². The highest BCUT2D eigenvalue weighted by Crippen LogP contribution is 2.34. The third kappa shape index (κ3) is 6.24. The molecule has 0 saturated heterocycles. The lowest BCUT2D eigenvalue weighted by atomic mass is 10.1. The second-order valence-corrected chi connectivity index (χ2v) is 6.48. The summed E-state index contributed by atoms with van der Waals surface area (Å²) < 4.78 is 11.6. The number of ether oxygens (including phenoxy) is 2. The van der Waals surface area contributed by atoms with E-state index >= 15 is 0 Å². The van der Waals surface area contributed by atoms with Crippen LogP contribution in [0.3, 0.4) is 0 Å². The molecule has 2 aromatic rings. The first-order valence-corrected chi connectivity index (χ1v) is 8.89. The van der Waals surface area contributed by atoms with Crippen molar-refractivity contribution in [2.75, 3.05) is 13.2 Å². The van der Waals surface area contributed by atoms with Crippen LogP contribution >= 0.6 is 11.6 Å². The summed E-state index contributed by atoms with van der Waals surface area (Å²) in [4.78, 5) is 0. The summed E-state index contributed by atoms with van der Waals surface area (Å²) in [5.41, 5.74) is 3.22. The quantitative estimate of drug-likeness (QED) is 0.704. The topological polar surface area (TPSA) is 50.7 Å². The monoisotopic (exact) mass is 363 g/mol. The second kappa shape index (κ2) is 9.66. The Labute approximate surface area is 154 Å². The number of hydrogen-bond donors (Lipinski definition) is 2. The number of nitrogens with one attached hydrogen (secondary N) is 1. The standard InChI is InChI=1S/C20H26ClNO3/c1-4-24-19-9-17(12-22-11-15(3)23)18(21)10-20(19)25-13-16-7-5-14(2)6-8-16/h5-10,15,22-23H,4,11-13H2,1-3H3. The highest BCUT2D eigenvalue weighted by Gasteiger charge is 2.12. The summed E-state index contributed by atoms with van der Waals surface area (Å²) in [5, 5.41) is 13.1. The molecule has 1 atom stereocenters. The van der Waals surface area contributed by atoms with E-state index in [1.54, 1.807) is 13.0 Å². The Morgan fingerprint density at radius 3 is 2.44 bits per heavy atom. The Morgan fingerprint density at radius 1 is 1.12 bits per heavy atom. The minimum absolute atomic E-state index is 0.401. The van der Waals surface area contributed by atoms with Crippen LogP contribution in [0.5, 0.6) is 11.5 Å². The van der Waals surface area contributed by atoms with Crippen LogP contribution in [0.25, 0.3) is 0 Å². The smallest absolute Gasteiger partial charge is 0.163 e. The minimum atomic E-state index is -0.401. The molecule has 2 aromatic carbocycles. The number of rotatable bonds is 9. The van der Waals surface area contributed by atoms with Gasteiger partial charge in [0.2, 0.25) is 0 Å². The number of hydrogen-bond acceptors (Lipinski definition) is 4. The molecule has 0 aromatic heterocycles. The fourth-order valence-electron chi connectivity index (χ4n) is 2.35. The number of aliphatic hydroxyl groups is 1. The second-order valence-electron chi connectivity index (χ2n) is 6.08. The van der Waals surface area contributed by atoms with Gasteiger partial charge in [-0.3, -0.25) is 0 Å². The minimum Gasteiger partial charge on any atom is -0.490 e. The van der Waals surface area contributed by atoms with Crippen LogP contribution in [0.15, 0.2) is 36.4 Å². The molecule has 136 valence electrons. The van der Waals surface area contributed by atoms with Gasteiger partial charge in [-0.2, -0.15) is 0 Å². The van der Waals surface area contributed by atoms with Crippen molar-refractivity contribution in [1.29, 1.82) is 0 Å². The molecule has 5 heteroatoms. The molecule has 2 rings (SSSR count). The van der Waals surface area contributed by atoms with Crippen molar-refractivity contribution < 1.29 is 14.6 Å². The molecule has 0 amide bonds. The largest absolute Gasteiger partial charge is 0.490 e. The van der Waals surface area contributed by atoms with Crippen LogP contribution < -0.4 is 14.8 Å². The molecule has 0 aliphatic carbocycles. The Morgan fingerprint density at radius 2 is 1.80 bits per heavy atom. The Kier molecular flexibility index (Phi) is 7.56. The van der Waals surface area contributed by atoms with Crippen molar-refractivity contribution in [2.45, 2.75) is 40.0 Å². The van der Waals surface area contributed by atoms with Crippen molar-refractivity contribution in [2.24, 2.45) is 0 Å². The molecule has 0 bridgehead atoms. The molecular formula is C20H26ClNO3. The van der Waals surface area contributed by atoms with E-state index in [-0.39, 0.29) is 0 Å². The first-order valence-electron chi connectivity index (χ1n) is 8.52. The number of halogens is 1. The van der Waals surface area contributed by atoms with Crippen LogP contribution in [-0.2, 0) is 13.2 Å². The molecule has 2 N–H and O–H groups in total. The molecule has 0 heterocycles. The zero-order valence-corrected chi connectivity index (χ0v) is 15.8. The van der Waals surface area contributed by atoms with E-state index in [0.29, 0.717) is 42.8 Å². The third-order valence-electron chi connectivity index (χ3n) is 3.68. The highest BCUT2D eigenvalue weighted by atomic mass is 35.5. The SMILES string of the molecule is CCOc1cc(CNCC(C)O)c(Cl)cc1OCc1ccc(C)cc1. The Bertz CT molecular complexity index is 671. The summed E-state index contributed by atoms with van der Waals surface area (Å²) in [7, 11) is 0.